The number of carboxylic acid groups (broad SMARTS) is 1. The Hall–Kier alpha value is -2.92. The summed E-state index contributed by atoms with van der Waals surface area (Å²) in [6.07, 6.45) is -11.9. The monoisotopic (exact) mass is 465 g/mol. The van der Waals surface area contributed by atoms with Crippen LogP contribution in [0.3, 0.4) is 0 Å². The zero-order chi connectivity index (χ0) is 24.2. The summed E-state index contributed by atoms with van der Waals surface area (Å²) in [5.41, 5.74) is -2.20. The van der Waals surface area contributed by atoms with E-state index in [1.807, 2.05) is 0 Å². The number of ketones is 2. The van der Waals surface area contributed by atoms with E-state index in [0.29, 0.717) is 0 Å². The van der Waals surface area contributed by atoms with Crippen molar-refractivity contribution in [2.75, 3.05) is 0 Å². The number of Topliss-reactive ketones (excluding diaryl/α,β-unsaturated/α-hetero) is 2. The van der Waals surface area contributed by atoms with Crippen LogP contribution >= 0.6 is 0 Å². The van der Waals surface area contributed by atoms with Crippen LogP contribution in [0.2, 0.25) is 0 Å². The normalized spacial score (nSPS) is 26.6. The molecule has 0 saturated heterocycles. The van der Waals surface area contributed by atoms with Crippen LogP contribution in [0.1, 0.15) is 65.1 Å². The maximum absolute atomic E-state index is 13.9. The number of hydrogen-bond donors (Lipinski definition) is 2. The van der Waals surface area contributed by atoms with Crippen molar-refractivity contribution in [3.63, 3.8) is 0 Å². The number of primary amides is 1. The van der Waals surface area contributed by atoms with Crippen LogP contribution < -0.4 is 5.73 Å². The van der Waals surface area contributed by atoms with Crippen LogP contribution in [0.25, 0.3) is 0 Å². The molecule has 1 amide bonds. The smallest absolute Gasteiger partial charge is 0.416 e. The molecule has 6 nitrogen and oxygen atoms in total. The number of aliphatic carboxylic acids is 1. The van der Waals surface area contributed by atoms with Gasteiger partial charge in [0.25, 0.3) is 0 Å². The summed E-state index contributed by atoms with van der Waals surface area (Å²) in [4.78, 5) is 47.4. The van der Waals surface area contributed by atoms with E-state index in [1.54, 1.807) is 0 Å². The zero-order valence-electron chi connectivity index (χ0n) is 16.3. The number of hydrogen-bond acceptors (Lipinski definition) is 4. The van der Waals surface area contributed by atoms with Gasteiger partial charge in [0.15, 0.2) is 17.5 Å². The van der Waals surface area contributed by atoms with Crippen molar-refractivity contribution in [2.45, 2.75) is 50.4 Å². The predicted octanol–water partition coefficient (Wildman–Crippen LogP) is 3.71. The Labute approximate surface area is 176 Å². The summed E-state index contributed by atoms with van der Waals surface area (Å²) in [5, 5.41) is 9.09. The second-order valence-corrected chi connectivity index (χ2v) is 8.21. The number of benzene rings is 1. The number of carbonyl (C=O) groups excluding carboxylic acids is 3. The minimum Gasteiger partial charge on any atom is -0.480 e. The van der Waals surface area contributed by atoms with Gasteiger partial charge in [-0.1, -0.05) is 6.42 Å². The van der Waals surface area contributed by atoms with Crippen molar-refractivity contribution in [3.8, 4) is 0 Å². The molecule has 1 atom stereocenters. The third-order valence-corrected chi connectivity index (χ3v) is 6.27. The van der Waals surface area contributed by atoms with Crippen molar-refractivity contribution >= 4 is 23.4 Å². The highest BCUT2D eigenvalue weighted by Crippen LogP contribution is 2.59. The van der Waals surface area contributed by atoms with E-state index < -0.39 is 88.1 Å². The van der Waals surface area contributed by atoms with Crippen LogP contribution in [0.15, 0.2) is 12.1 Å². The molecule has 0 aromatic heterocycles. The standard InChI is InChI=1S/C20H17F6NO5/c21-19(22,23)10-4-8(16(27)30)5-11(20(24,25)26)14(10)9-2-1-3-18(9)6-12(28)15(17(31)32)13(29)7-18/h4-5,9,15H,1-3,6-7H2,(H2,27,30)(H,31,32). The SMILES string of the molecule is NC(=O)c1cc(C(F)(F)F)c(C2CCCC23CC(=O)C(C(=O)O)C(=O)C3)c(C(F)(F)F)c1. The van der Waals surface area contributed by atoms with Crippen LogP contribution in [-0.4, -0.2) is 28.5 Å². The Morgan fingerprint density at radius 1 is 0.969 bits per heavy atom. The third-order valence-electron chi connectivity index (χ3n) is 6.27. The zero-order valence-corrected chi connectivity index (χ0v) is 16.3. The van der Waals surface area contributed by atoms with E-state index in [9.17, 15) is 45.5 Å². The molecule has 2 fully saturated rings. The maximum Gasteiger partial charge on any atom is 0.416 e. The molecule has 1 aromatic rings. The predicted molar refractivity (Wildman–Crippen MR) is 94.4 cm³/mol. The molecule has 0 aliphatic heterocycles. The lowest BCUT2D eigenvalue weighted by atomic mass is 9.61. The van der Waals surface area contributed by atoms with Gasteiger partial charge in [-0.3, -0.25) is 19.2 Å². The van der Waals surface area contributed by atoms with Gasteiger partial charge in [-0.05, 0) is 41.9 Å². The number of carboxylic acids is 1. The lowest BCUT2D eigenvalue weighted by Gasteiger charge is -2.41. The highest BCUT2D eigenvalue weighted by molar-refractivity contribution is 6.18. The summed E-state index contributed by atoms with van der Waals surface area (Å²) in [7, 11) is 0. The van der Waals surface area contributed by atoms with Crippen molar-refractivity contribution < 1.29 is 50.6 Å². The lowest BCUT2D eigenvalue weighted by Crippen LogP contribution is -2.45. The molecule has 3 N–H and O–H groups in total. The molecule has 12 heteroatoms. The van der Waals surface area contributed by atoms with Gasteiger partial charge in [0.2, 0.25) is 5.91 Å². The Kier molecular flexibility index (Phi) is 5.63. The second kappa shape index (κ2) is 7.59. The first kappa shape index (κ1) is 23.7. The molecule has 1 aromatic carbocycles. The van der Waals surface area contributed by atoms with Gasteiger partial charge in [0.1, 0.15) is 0 Å². The van der Waals surface area contributed by atoms with E-state index >= 15 is 0 Å². The van der Waals surface area contributed by atoms with Crippen LogP contribution in [0, 0.1) is 11.3 Å². The van der Waals surface area contributed by atoms with Gasteiger partial charge in [-0.25, -0.2) is 0 Å². The minimum absolute atomic E-state index is 0.0202. The Morgan fingerprint density at radius 3 is 1.81 bits per heavy atom. The quantitative estimate of drug-likeness (QED) is 0.522. The average Bonchev–Trinajstić information content (AvgIpc) is 2.99. The van der Waals surface area contributed by atoms with Gasteiger partial charge >= 0.3 is 18.3 Å². The fraction of sp³-hybridized carbons (Fsp3) is 0.500. The Bertz CT molecular complexity index is 960. The summed E-state index contributed by atoms with van der Waals surface area (Å²) in [5.74, 6) is -8.76. The fourth-order valence-corrected chi connectivity index (χ4v) is 5.07. The highest BCUT2D eigenvalue weighted by Gasteiger charge is 2.56. The van der Waals surface area contributed by atoms with Gasteiger partial charge in [-0.15, -0.1) is 0 Å². The first-order valence-corrected chi connectivity index (χ1v) is 9.49. The largest absolute Gasteiger partial charge is 0.480 e. The summed E-state index contributed by atoms with van der Waals surface area (Å²) in [6, 6.07) is 0.483. The molecule has 1 spiro atoms. The average molecular weight is 465 g/mol. The van der Waals surface area contributed by atoms with Crippen LogP contribution in [0.5, 0.6) is 0 Å². The molecule has 0 heterocycles. The second-order valence-electron chi connectivity index (χ2n) is 8.21. The summed E-state index contributed by atoms with van der Waals surface area (Å²) < 4.78 is 83.2. The number of rotatable bonds is 3. The maximum atomic E-state index is 13.9. The molecule has 3 rings (SSSR count). The number of alkyl halides is 6. The Balaban J connectivity index is 2.26. The minimum atomic E-state index is -5.29. The van der Waals surface area contributed by atoms with Crippen molar-refractivity contribution in [1.82, 2.24) is 0 Å². The molecule has 174 valence electrons. The van der Waals surface area contributed by atoms with Gasteiger partial charge in [0.05, 0.1) is 11.1 Å². The molecule has 32 heavy (non-hydrogen) atoms. The van der Waals surface area contributed by atoms with Crippen molar-refractivity contribution in [3.05, 3.63) is 34.4 Å². The molecule has 2 aliphatic carbocycles. The van der Waals surface area contributed by atoms with E-state index in [4.69, 9.17) is 10.8 Å². The van der Waals surface area contributed by atoms with Gasteiger partial charge < -0.3 is 10.8 Å². The number of carbonyl (C=O) groups is 4. The topological polar surface area (TPSA) is 115 Å². The highest BCUT2D eigenvalue weighted by atomic mass is 19.4. The number of halogens is 6. The van der Waals surface area contributed by atoms with E-state index in [0.717, 1.165) is 0 Å². The van der Waals surface area contributed by atoms with Gasteiger partial charge in [-0.2, -0.15) is 26.3 Å². The third kappa shape index (κ3) is 3.97. The summed E-state index contributed by atoms with van der Waals surface area (Å²) >= 11 is 0. The lowest BCUT2D eigenvalue weighted by molar-refractivity contribution is -0.154. The molecule has 2 saturated carbocycles. The molecular formula is C20H17F6NO5. The number of nitrogens with two attached hydrogens (primary N) is 1. The molecule has 1 unspecified atom stereocenters. The van der Waals surface area contributed by atoms with Crippen LogP contribution in [0.4, 0.5) is 26.3 Å². The van der Waals surface area contributed by atoms with Crippen molar-refractivity contribution in [1.29, 1.82) is 0 Å². The molecular weight excluding hydrogens is 448 g/mol. The first-order chi connectivity index (χ1) is 14.6. The van der Waals surface area contributed by atoms with E-state index in [1.165, 1.54) is 0 Å². The van der Waals surface area contributed by atoms with Crippen molar-refractivity contribution in [2.24, 2.45) is 17.1 Å². The van der Waals surface area contributed by atoms with E-state index in [-0.39, 0.29) is 31.4 Å². The molecule has 0 radical (unpaired) electrons. The molecule has 2 aliphatic rings. The van der Waals surface area contributed by atoms with Gasteiger partial charge in [0, 0.05) is 18.4 Å². The van der Waals surface area contributed by atoms with E-state index in [2.05, 4.69) is 0 Å². The molecule has 0 bridgehead atoms. The van der Waals surface area contributed by atoms with Crippen LogP contribution in [-0.2, 0) is 26.7 Å². The fourth-order valence-electron chi connectivity index (χ4n) is 5.07. The summed E-state index contributed by atoms with van der Waals surface area (Å²) in [6.45, 7) is 0. The Morgan fingerprint density at radius 2 is 1.44 bits per heavy atom. The number of amides is 1. The first-order valence-electron chi connectivity index (χ1n) is 9.49.